The van der Waals surface area contributed by atoms with Gasteiger partial charge in [-0.2, -0.15) is 0 Å². The fraction of sp³-hybridized carbons (Fsp3) is 0.136. The third-order valence-electron chi connectivity index (χ3n) is 4.80. The number of carbonyl (C=O) groups excluding carboxylic acids is 4. The summed E-state index contributed by atoms with van der Waals surface area (Å²) in [6.07, 6.45) is 3.30. The molecule has 0 radical (unpaired) electrons. The molecule has 4 rings (SSSR count). The lowest BCUT2D eigenvalue weighted by Crippen LogP contribution is -2.41. The first-order valence-electron chi connectivity index (χ1n) is 9.90. The molecule has 3 aromatic rings. The van der Waals surface area contributed by atoms with E-state index in [0.29, 0.717) is 22.3 Å². The third kappa shape index (κ3) is 5.02. The van der Waals surface area contributed by atoms with Crippen LogP contribution in [0.3, 0.4) is 0 Å². The number of halogens is 1. The van der Waals surface area contributed by atoms with Gasteiger partial charge in [-0.25, -0.2) is 0 Å². The molecular weight excluding hydrogens is 466 g/mol. The highest BCUT2D eigenvalue weighted by atomic mass is 35.5. The van der Waals surface area contributed by atoms with E-state index < -0.39 is 30.2 Å². The van der Waals surface area contributed by atoms with Gasteiger partial charge in [0.15, 0.2) is 0 Å². The van der Waals surface area contributed by atoms with Crippen LogP contribution in [0.4, 0.5) is 11.4 Å². The zero-order valence-corrected chi connectivity index (χ0v) is 18.7. The summed E-state index contributed by atoms with van der Waals surface area (Å²) in [5.41, 5.74) is 1.25. The summed E-state index contributed by atoms with van der Waals surface area (Å²) in [7, 11) is 0. The lowest BCUT2D eigenvalue weighted by Gasteiger charge is -2.14. The highest BCUT2D eigenvalue weighted by Crippen LogP contribution is 2.30. The van der Waals surface area contributed by atoms with Gasteiger partial charge in [0.05, 0.1) is 26.0 Å². The fourth-order valence-electron chi connectivity index (χ4n) is 3.28. The van der Waals surface area contributed by atoms with Gasteiger partial charge in [-0.3, -0.25) is 29.1 Å². The van der Waals surface area contributed by atoms with Crippen molar-refractivity contribution in [2.75, 3.05) is 30.3 Å². The standard InChI is InChI=1S/C22H18ClN5O4S/c23-17-5-4-16(33-17)20(30)27-15-3-1-2-14-19(15)22(32)28(21(14)31)12-18(29)26-11-10-25-13-6-8-24-9-7-13/h1-9H,10-12H2,(H,24,25)(H,26,29)(H,27,30). The summed E-state index contributed by atoms with van der Waals surface area (Å²) in [4.78, 5) is 55.7. The van der Waals surface area contributed by atoms with Gasteiger partial charge in [-0.05, 0) is 36.4 Å². The number of pyridine rings is 1. The molecule has 0 bridgehead atoms. The Bertz CT molecular complexity index is 1230. The van der Waals surface area contributed by atoms with E-state index >= 15 is 0 Å². The van der Waals surface area contributed by atoms with Gasteiger partial charge in [0.25, 0.3) is 17.7 Å². The second-order valence-electron chi connectivity index (χ2n) is 7.00. The topological polar surface area (TPSA) is 121 Å². The minimum absolute atomic E-state index is 0.0608. The molecule has 1 aromatic carbocycles. The van der Waals surface area contributed by atoms with Crippen LogP contribution in [0.15, 0.2) is 54.9 Å². The van der Waals surface area contributed by atoms with E-state index in [1.807, 2.05) is 0 Å². The number of hydrogen-bond donors (Lipinski definition) is 3. The van der Waals surface area contributed by atoms with E-state index in [-0.39, 0.29) is 16.8 Å². The Balaban J connectivity index is 1.37. The van der Waals surface area contributed by atoms with Crippen molar-refractivity contribution in [3.05, 3.63) is 75.2 Å². The van der Waals surface area contributed by atoms with Crippen LogP contribution in [0.5, 0.6) is 0 Å². The molecule has 168 valence electrons. The molecule has 0 saturated carbocycles. The molecule has 0 spiro atoms. The molecule has 0 fully saturated rings. The molecule has 1 aliphatic rings. The maximum Gasteiger partial charge on any atom is 0.265 e. The van der Waals surface area contributed by atoms with Gasteiger partial charge in [0.2, 0.25) is 5.91 Å². The van der Waals surface area contributed by atoms with Crippen LogP contribution in [0.25, 0.3) is 0 Å². The summed E-state index contributed by atoms with van der Waals surface area (Å²) in [5, 5.41) is 8.44. The van der Waals surface area contributed by atoms with Crippen molar-refractivity contribution in [1.29, 1.82) is 0 Å². The van der Waals surface area contributed by atoms with E-state index in [2.05, 4.69) is 20.9 Å². The molecule has 9 nitrogen and oxygen atoms in total. The second-order valence-corrected chi connectivity index (χ2v) is 8.71. The molecule has 0 aliphatic carbocycles. The minimum atomic E-state index is -0.639. The van der Waals surface area contributed by atoms with Crippen LogP contribution in [0, 0.1) is 0 Å². The summed E-state index contributed by atoms with van der Waals surface area (Å²) in [6, 6.07) is 11.3. The quantitative estimate of drug-likeness (QED) is 0.334. The molecule has 33 heavy (non-hydrogen) atoms. The summed E-state index contributed by atoms with van der Waals surface area (Å²) in [6.45, 7) is 0.339. The first-order valence-corrected chi connectivity index (χ1v) is 11.1. The largest absolute Gasteiger partial charge is 0.383 e. The number of rotatable bonds is 8. The number of fused-ring (bicyclic) bond motifs is 1. The highest BCUT2D eigenvalue weighted by molar-refractivity contribution is 7.18. The minimum Gasteiger partial charge on any atom is -0.383 e. The van der Waals surface area contributed by atoms with Crippen molar-refractivity contribution in [2.45, 2.75) is 0 Å². The highest BCUT2D eigenvalue weighted by Gasteiger charge is 2.38. The molecular formula is C22H18ClN5O4S. The number of benzene rings is 1. The zero-order valence-electron chi connectivity index (χ0n) is 17.1. The van der Waals surface area contributed by atoms with E-state index in [1.54, 1.807) is 42.7 Å². The van der Waals surface area contributed by atoms with Crippen molar-refractivity contribution in [3.63, 3.8) is 0 Å². The van der Waals surface area contributed by atoms with Gasteiger partial charge < -0.3 is 16.0 Å². The normalized spacial score (nSPS) is 12.5. The predicted octanol–water partition coefficient (Wildman–Crippen LogP) is 2.87. The maximum absolute atomic E-state index is 12.9. The van der Waals surface area contributed by atoms with Crippen molar-refractivity contribution in [2.24, 2.45) is 0 Å². The van der Waals surface area contributed by atoms with E-state index in [9.17, 15) is 19.2 Å². The van der Waals surface area contributed by atoms with Gasteiger partial charge in [-0.1, -0.05) is 17.7 Å². The molecule has 3 heterocycles. The smallest absolute Gasteiger partial charge is 0.265 e. The number of carbonyl (C=O) groups is 4. The maximum atomic E-state index is 12.9. The van der Waals surface area contributed by atoms with Crippen molar-refractivity contribution in [3.8, 4) is 0 Å². The van der Waals surface area contributed by atoms with Crippen molar-refractivity contribution >= 4 is 57.9 Å². The lowest BCUT2D eigenvalue weighted by atomic mass is 10.1. The molecule has 11 heteroatoms. The van der Waals surface area contributed by atoms with Crippen LogP contribution in [-0.4, -0.2) is 53.1 Å². The molecule has 1 aliphatic heterocycles. The van der Waals surface area contributed by atoms with Crippen molar-refractivity contribution < 1.29 is 19.2 Å². The third-order valence-corrected chi connectivity index (χ3v) is 6.03. The molecule has 0 atom stereocenters. The molecule has 4 amide bonds. The monoisotopic (exact) mass is 483 g/mol. The first kappa shape index (κ1) is 22.4. The van der Waals surface area contributed by atoms with Crippen LogP contribution in [0.2, 0.25) is 4.34 Å². The Kier molecular flexibility index (Phi) is 6.66. The average molecular weight is 484 g/mol. The Morgan fingerprint density at radius 1 is 1.00 bits per heavy atom. The Morgan fingerprint density at radius 2 is 1.79 bits per heavy atom. The van der Waals surface area contributed by atoms with Gasteiger partial charge in [0.1, 0.15) is 6.54 Å². The SMILES string of the molecule is O=C(CN1C(=O)c2cccc(NC(=O)c3ccc(Cl)s3)c2C1=O)NCCNc1ccncc1. The number of hydrogen-bond acceptors (Lipinski definition) is 7. The first-order chi connectivity index (χ1) is 15.9. The molecule has 3 N–H and O–H groups in total. The fourth-order valence-corrected chi connectivity index (χ4v) is 4.22. The predicted molar refractivity (Wildman–Crippen MR) is 125 cm³/mol. The number of nitrogens with one attached hydrogen (secondary N) is 3. The van der Waals surface area contributed by atoms with Gasteiger partial charge in [0, 0.05) is 31.2 Å². The molecule has 0 saturated heterocycles. The lowest BCUT2D eigenvalue weighted by molar-refractivity contribution is -0.121. The summed E-state index contributed by atoms with van der Waals surface area (Å²) < 4.78 is 0.456. The second kappa shape index (κ2) is 9.80. The number of nitrogens with zero attached hydrogens (tertiary/aromatic N) is 2. The van der Waals surface area contributed by atoms with Gasteiger partial charge in [-0.15, -0.1) is 11.3 Å². The number of amides is 4. The van der Waals surface area contributed by atoms with Gasteiger partial charge >= 0.3 is 0 Å². The number of aromatic nitrogens is 1. The number of thiophene rings is 1. The zero-order chi connectivity index (χ0) is 23.4. The van der Waals surface area contributed by atoms with E-state index in [1.165, 1.54) is 12.1 Å². The average Bonchev–Trinajstić information content (AvgIpc) is 3.35. The Hall–Kier alpha value is -3.76. The summed E-state index contributed by atoms with van der Waals surface area (Å²) in [5.74, 6) is -2.14. The number of anilines is 2. The molecule has 0 unspecified atom stereocenters. The summed E-state index contributed by atoms with van der Waals surface area (Å²) >= 11 is 6.97. The van der Waals surface area contributed by atoms with Crippen LogP contribution in [-0.2, 0) is 4.79 Å². The van der Waals surface area contributed by atoms with Crippen LogP contribution in [0.1, 0.15) is 30.4 Å². The Morgan fingerprint density at radius 3 is 2.52 bits per heavy atom. The Labute approximate surface area is 197 Å². The van der Waals surface area contributed by atoms with E-state index in [0.717, 1.165) is 21.9 Å². The van der Waals surface area contributed by atoms with E-state index in [4.69, 9.17) is 11.6 Å². The molecule has 2 aromatic heterocycles. The van der Waals surface area contributed by atoms with Crippen LogP contribution >= 0.6 is 22.9 Å². The van der Waals surface area contributed by atoms with Crippen LogP contribution < -0.4 is 16.0 Å². The van der Waals surface area contributed by atoms with Crippen molar-refractivity contribution in [1.82, 2.24) is 15.2 Å². The number of imide groups is 1.